The molecule has 0 saturated carbocycles. The summed E-state index contributed by atoms with van der Waals surface area (Å²) >= 11 is 12.5. The van der Waals surface area contributed by atoms with Gasteiger partial charge in [-0.05, 0) is 59.4 Å². The van der Waals surface area contributed by atoms with Gasteiger partial charge >= 0.3 is 0 Å². The zero-order chi connectivity index (χ0) is 30.6. The molecule has 0 aliphatic carbocycles. The summed E-state index contributed by atoms with van der Waals surface area (Å²) in [6.45, 7) is 6.10. The van der Waals surface area contributed by atoms with Gasteiger partial charge in [0.1, 0.15) is 17.0 Å². The lowest BCUT2D eigenvalue weighted by atomic mass is 9.62. The van der Waals surface area contributed by atoms with Crippen LogP contribution in [0, 0.1) is 11.2 Å². The van der Waals surface area contributed by atoms with E-state index in [0.717, 1.165) is 0 Å². The molecule has 11 heteroatoms. The Hall–Kier alpha value is -3.66. The van der Waals surface area contributed by atoms with Crippen molar-refractivity contribution in [1.82, 2.24) is 5.32 Å². The van der Waals surface area contributed by atoms with Crippen molar-refractivity contribution in [3.8, 4) is 5.75 Å². The number of ether oxygens (including phenoxy) is 1. The van der Waals surface area contributed by atoms with E-state index in [-0.39, 0.29) is 38.9 Å². The average molecular weight is 614 g/mol. The average Bonchev–Trinajstić information content (AvgIpc) is 3.39. The molecule has 5 rings (SSSR count). The summed E-state index contributed by atoms with van der Waals surface area (Å²) in [6.07, 6.45) is 0.474. The van der Waals surface area contributed by atoms with Crippen molar-refractivity contribution in [2.24, 2.45) is 11.1 Å². The lowest BCUT2D eigenvalue weighted by Gasteiger charge is -2.37. The number of primary amides is 1. The highest BCUT2D eigenvalue weighted by atomic mass is 35.5. The Labute approximate surface area is 253 Å². The smallest absolute Gasteiger partial charge is 0.248 e. The van der Waals surface area contributed by atoms with Crippen LogP contribution in [0.2, 0.25) is 10.0 Å². The Morgan fingerprint density at radius 3 is 2.52 bits per heavy atom. The number of carbonyl (C=O) groups is 3. The molecule has 2 aliphatic rings. The van der Waals surface area contributed by atoms with Crippen LogP contribution in [0.5, 0.6) is 5.75 Å². The van der Waals surface area contributed by atoms with Gasteiger partial charge in [-0.1, -0.05) is 62.2 Å². The number of methoxy groups -OCH3 is 1. The molecule has 2 aliphatic heterocycles. The highest BCUT2D eigenvalue weighted by molar-refractivity contribution is 6.31. The number of amides is 3. The summed E-state index contributed by atoms with van der Waals surface area (Å²) in [5, 5.41) is 9.52. The lowest BCUT2D eigenvalue weighted by molar-refractivity contribution is -0.122. The maximum absolute atomic E-state index is 15.9. The van der Waals surface area contributed by atoms with Crippen LogP contribution in [0.25, 0.3) is 0 Å². The van der Waals surface area contributed by atoms with Gasteiger partial charge in [0.05, 0.1) is 23.9 Å². The molecule has 0 unspecified atom stereocenters. The van der Waals surface area contributed by atoms with Crippen molar-refractivity contribution in [2.75, 3.05) is 17.7 Å². The minimum atomic E-state index is -1.39. The zero-order valence-electron chi connectivity index (χ0n) is 23.5. The molecule has 0 bridgehead atoms. The quantitative estimate of drug-likeness (QED) is 0.287. The van der Waals surface area contributed by atoms with Gasteiger partial charge in [0.25, 0.3) is 0 Å². The number of rotatable bonds is 6. The van der Waals surface area contributed by atoms with Gasteiger partial charge in [-0.15, -0.1) is 0 Å². The molecule has 42 heavy (non-hydrogen) atoms. The molecule has 3 amide bonds. The molecule has 4 atom stereocenters. The van der Waals surface area contributed by atoms with Crippen molar-refractivity contribution in [1.29, 1.82) is 0 Å². The maximum Gasteiger partial charge on any atom is 0.248 e. The first-order valence-electron chi connectivity index (χ1n) is 13.4. The predicted octanol–water partition coefficient (Wildman–Crippen LogP) is 5.63. The first-order chi connectivity index (χ1) is 19.8. The van der Waals surface area contributed by atoms with Gasteiger partial charge < -0.3 is 26.4 Å². The van der Waals surface area contributed by atoms with Gasteiger partial charge in [-0.2, -0.15) is 0 Å². The highest BCUT2D eigenvalue weighted by Gasteiger charge is 2.66. The van der Waals surface area contributed by atoms with E-state index in [4.69, 9.17) is 33.7 Å². The Bertz CT molecular complexity index is 1610. The van der Waals surface area contributed by atoms with Gasteiger partial charge in [0, 0.05) is 28.2 Å². The van der Waals surface area contributed by atoms with E-state index in [0.29, 0.717) is 22.7 Å². The van der Waals surface area contributed by atoms with Crippen LogP contribution in [0.15, 0.2) is 54.6 Å². The van der Waals surface area contributed by atoms with E-state index in [1.165, 1.54) is 31.4 Å². The number of carbonyl (C=O) groups excluding carboxylic acids is 3. The molecule has 1 spiro atoms. The Balaban J connectivity index is 1.70. The van der Waals surface area contributed by atoms with Crippen molar-refractivity contribution >= 4 is 52.3 Å². The van der Waals surface area contributed by atoms with Crippen LogP contribution in [0.1, 0.15) is 54.6 Å². The number of fused-ring (bicyclic) bond motifs is 2. The van der Waals surface area contributed by atoms with Crippen molar-refractivity contribution in [2.45, 2.75) is 50.6 Å². The van der Waals surface area contributed by atoms with Crippen LogP contribution in [0.4, 0.5) is 15.8 Å². The molecule has 1 fully saturated rings. The fourth-order valence-electron chi connectivity index (χ4n) is 6.31. The molecular weight excluding hydrogens is 582 g/mol. The fraction of sp³-hybridized carbons (Fsp3) is 0.323. The summed E-state index contributed by atoms with van der Waals surface area (Å²) in [5.41, 5.74) is 5.45. The molecule has 2 heterocycles. The molecule has 8 nitrogen and oxygen atoms in total. The van der Waals surface area contributed by atoms with E-state index in [1.807, 2.05) is 20.8 Å². The second-order valence-electron chi connectivity index (χ2n) is 11.9. The van der Waals surface area contributed by atoms with E-state index in [2.05, 4.69) is 16.0 Å². The standard InChI is InChI=1S/C31H31Cl2FN4O4/c1-30(2,3)14-23-31(18-10-9-16(32)13-21(18)37-29(31)41)24(17-6-5-7-19(33)25(17)34)26(38-23)28(40)36-20-11-8-15(27(35)39)12-22(20)42-4/h5-13,23-24,26,38H,14H2,1-4H3,(H2,35,39)(H,36,40)(H,37,41)/t23-,24-,26+,31+/m1/s1. The van der Waals surface area contributed by atoms with E-state index in [9.17, 15) is 14.4 Å². The van der Waals surface area contributed by atoms with Crippen LogP contribution in [-0.4, -0.2) is 36.9 Å². The fourth-order valence-corrected chi connectivity index (χ4v) is 6.66. The molecular formula is C31H31Cl2FN4O4. The number of hydrogen-bond acceptors (Lipinski definition) is 5. The first kappa shape index (κ1) is 29.8. The third-order valence-corrected chi connectivity index (χ3v) is 8.49. The van der Waals surface area contributed by atoms with Gasteiger partial charge in [-0.25, -0.2) is 4.39 Å². The van der Waals surface area contributed by atoms with E-state index >= 15 is 4.39 Å². The number of anilines is 2. The molecule has 220 valence electrons. The summed E-state index contributed by atoms with van der Waals surface area (Å²) in [5.74, 6) is -3.07. The largest absolute Gasteiger partial charge is 0.495 e. The third kappa shape index (κ3) is 4.99. The lowest BCUT2D eigenvalue weighted by Crippen LogP contribution is -2.49. The van der Waals surface area contributed by atoms with Gasteiger partial charge in [-0.3, -0.25) is 14.4 Å². The summed E-state index contributed by atoms with van der Waals surface area (Å²) in [4.78, 5) is 40.1. The molecule has 3 aromatic carbocycles. The van der Waals surface area contributed by atoms with Crippen LogP contribution >= 0.6 is 23.2 Å². The zero-order valence-corrected chi connectivity index (χ0v) is 25.0. The van der Waals surface area contributed by atoms with E-state index in [1.54, 1.807) is 30.3 Å². The normalized spacial score (nSPS) is 23.0. The Morgan fingerprint density at radius 2 is 1.86 bits per heavy atom. The highest BCUT2D eigenvalue weighted by Crippen LogP contribution is 2.57. The molecule has 0 aromatic heterocycles. The number of nitrogens with two attached hydrogens (primary N) is 1. The number of nitrogens with one attached hydrogen (secondary N) is 3. The summed E-state index contributed by atoms with van der Waals surface area (Å²) in [7, 11) is 1.40. The SMILES string of the molecule is COc1cc(C(N)=O)ccc1NC(=O)[C@H]1N[C@H](CC(C)(C)C)[C@]2(C(=O)Nc3cc(Cl)ccc32)[C@@H]1c1cccc(Cl)c1F. The topological polar surface area (TPSA) is 123 Å². The third-order valence-electron chi connectivity index (χ3n) is 7.96. The van der Waals surface area contributed by atoms with Crippen molar-refractivity contribution < 1.29 is 23.5 Å². The predicted molar refractivity (Wildman–Crippen MR) is 161 cm³/mol. The molecule has 3 aromatic rings. The monoisotopic (exact) mass is 612 g/mol. The van der Waals surface area contributed by atoms with Gasteiger partial charge in [0.15, 0.2) is 0 Å². The van der Waals surface area contributed by atoms with Crippen LogP contribution < -0.4 is 26.4 Å². The Morgan fingerprint density at radius 1 is 1.12 bits per heavy atom. The van der Waals surface area contributed by atoms with Crippen molar-refractivity contribution in [3.63, 3.8) is 0 Å². The molecule has 5 N–H and O–H groups in total. The maximum atomic E-state index is 15.9. The minimum absolute atomic E-state index is 0.125. The number of halogens is 3. The second-order valence-corrected chi connectivity index (χ2v) is 12.7. The summed E-state index contributed by atoms with van der Waals surface area (Å²) < 4.78 is 21.3. The number of benzene rings is 3. The molecule has 0 radical (unpaired) electrons. The minimum Gasteiger partial charge on any atom is -0.495 e. The van der Waals surface area contributed by atoms with Crippen LogP contribution in [0.3, 0.4) is 0 Å². The van der Waals surface area contributed by atoms with Crippen LogP contribution in [-0.2, 0) is 15.0 Å². The summed E-state index contributed by atoms with van der Waals surface area (Å²) in [6, 6.07) is 12.4. The number of hydrogen-bond donors (Lipinski definition) is 4. The Kier molecular flexibility index (Phi) is 7.72. The van der Waals surface area contributed by atoms with Crippen molar-refractivity contribution in [3.05, 3.63) is 87.2 Å². The van der Waals surface area contributed by atoms with E-state index < -0.39 is 41.0 Å². The second kappa shape index (κ2) is 10.9. The van der Waals surface area contributed by atoms with Gasteiger partial charge in [0.2, 0.25) is 17.7 Å². The molecule has 1 saturated heterocycles. The first-order valence-corrected chi connectivity index (χ1v) is 14.1.